The maximum absolute atomic E-state index is 11.5. The summed E-state index contributed by atoms with van der Waals surface area (Å²) in [5, 5.41) is 0. The Kier molecular flexibility index (Phi) is 2.63. The van der Waals surface area contributed by atoms with E-state index in [0.717, 1.165) is 18.0 Å². The monoisotopic (exact) mass is 230 g/mol. The van der Waals surface area contributed by atoms with Crippen molar-refractivity contribution in [1.29, 1.82) is 0 Å². The second-order valence-electron chi connectivity index (χ2n) is 5.30. The van der Waals surface area contributed by atoms with Gasteiger partial charge in [-0.05, 0) is 42.9 Å². The lowest BCUT2D eigenvalue weighted by atomic mass is 9.84. The van der Waals surface area contributed by atoms with E-state index in [2.05, 4.69) is 11.0 Å². The Morgan fingerprint density at radius 2 is 2.12 bits per heavy atom. The van der Waals surface area contributed by atoms with E-state index in [-0.39, 0.29) is 5.91 Å². The van der Waals surface area contributed by atoms with E-state index in [9.17, 15) is 4.79 Å². The lowest BCUT2D eigenvalue weighted by Crippen LogP contribution is -2.32. The molecule has 3 atom stereocenters. The number of hydrogen-bond donors (Lipinski definition) is 1. The summed E-state index contributed by atoms with van der Waals surface area (Å²) in [6.45, 7) is 3.55. The summed E-state index contributed by atoms with van der Waals surface area (Å²) in [5.74, 6) is 1.00. The predicted molar refractivity (Wildman–Crippen MR) is 66.9 cm³/mol. The summed E-state index contributed by atoms with van der Waals surface area (Å²) in [6, 6.07) is 7.81. The highest BCUT2D eigenvalue weighted by Crippen LogP contribution is 2.37. The number of amides is 1. The Morgan fingerprint density at radius 3 is 2.88 bits per heavy atom. The Hall–Kier alpha value is -1.35. The summed E-state index contributed by atoms with van der Waals surface area (Å²) in [5.41, 5.74) is 7.31. The summed E-state index contributed by atoms with van der Waals surface area (Å²) < 4.78 is 0. The lowest BCUT2D eigenvalue weighted by molar-refractivity contribution is 0.0998. The Bertz CT molecular complexity index is 432. The van der Waals surface area contributed by atoms with Crippen LogP contribution in [0.2, 0.25) is 0 Å². The largest absolute Gasteiger partial charge is 0.366 e. The van der Waals surface area contributed by atoms with Crippen LogP contribution >= 0.6 is 0 Å². The van der Waals surface area contributed by atoms with Crippen molar-refractivity contribution in [2.75, 3.05) is 19.6 Å². The van der Waals surface area contributed by atoms with Crippen LogP contribution < -0.4 is 5.73 Å². The molecule has 1 amide bonds. The molecule has 2 heterocycles. The fraction of sp³-hybridized carbons (Fsp3) is 0.500. The summed E-state index contributed by atoms with van der Waals surface area (Å²) >= 11 is 0. The highest BCUT2D eigenvalue weighted by atomic mass is 16.1. The highest BCUT2D eigenvalue weighted by molar-refractivity contribution is 5.94. The minimum Gasteiger partial charge on any atom is -0.366 e. The molecule has 0 saturated carbocycles. The normalized spacial score (nSPS) is 31.4. The number of hydrogen-bond acceptors (Lipinski definition) is 2. The zero-order valence-electron chi connectivity index (χ0n) is 9.93. The molecular formula is C14H18N2O. The molecule has 3 nitrogen and oxygen atoms in total. The lowest BCUT2D eigenvalue weighted by Gasteiger charge is -2.31. The topological polar surface area (TPSA) is 46.3 Å². The first-order valence-electron chi connectivity index (χ1n) is 6.35. The fourth-order valence-corrected chi connectivity index (χ4v) is 3.36. The third-order valence-corrected chi connectivity index (χ3v) is 4.13. The van der Waals surface area contributed by atoms with E-state index < -0.39 is 0 Å². The number of nitrogens with zero attached hydrogens (tertiary/aromatic N) is 1. The van der Waals surface area contributed by atoms with E-state index in [1.54, 1.807) is 0 Å². The highest BCUT2D eigenvalue weighted by Gasteiger charge is 2.33. The van der Waals surface area contributed by atoms with Crippen LogP contribution in [0.5, 0.6) is 0 Å². The second-order valence-corrected chi connectivity index (χ2v) is 5.30. The molecule has 2 saturated heterocycles. The van der Waals surface area contributed by atoms with Crippen molar-refractivity contribution in [2.45, 2.75) is 18.8 Å². The molecule has 0 spiro atoms. The minimum absolute atomic E-state index is 0.298. The Balaban J connectivity index is 1.91. The SMILES string of the molecule is NC(=O)c1ccccc1C1CC2CCN(C2)C1. The first kappa shape index (κ1) is 10.8. The zero-order valence-corrected chi connectivity index (χ0v) is 9.93. The van der Waals surface area contributed by atoms with Crippen molar-refractivity contribution in [2.24, 2.45) is 11.7 Å². The van der Waals surface area contributed by atoms with E-state index in [1.807, 2.05) is 18.2 Å². The second kappa shape index (κ2) is 4.15. The first-order chi connectivity index (χ1) is 8.24. The van der Waals surface area contributed by atoms with Crippen molar-refractivity contribution in [3.8, 4) is 0 Å². The fourth-order valence-electron chi connectivity index (χ4n) is 3.36. The standard InChI is InChI=1S/C14H18N2O/c15-14(17)13-4-2-1-3-12(13)11-7-10-5-6-16(8-10)9-11/h1-4,10-11H,5-9H2,(H2,15,17). The van der Waals surface area contributed by atoms with Gasteiger partial charge in [-0.1, -0.05) is 18.2 Å². The number of benzene rings is 1. The van der Waals surface area contributed by atoms with Gasteiger partial charge in [0.15, 0.2) is 0 Å². The van der Waals surface area contributed by atoms with Crippen molar-refractivity contribution in [3.63, 3.8) is 0 Å². The summed E-state index contributed by atoms with van der Waals surface area (Å²) in [6.07, 6.45) is 2.52. The van der Waals surface area contributed by atoms with Gasteiger partial charge in [0, 0.05) is 18.7 Å². The average Bonchev–Trinajstić information content (AvgIpc) is 2.68. The van der Waals surface area contributed by atoms with E-state index in [1.165, 1.54) is 25.9 Å². The molecule has 1 aromatic rings. The third-order valence-electron chi connectivity index (χ3n) is 4.13. The number of fused-ring (bicyclic) bond motifs is 2. The van der Waals surface area contributed by atoms with Gasteiger partial charge in [-0.15, -0.1) is 0 Å². The molecule has 2 N–H and O–H groups in total. The van der Waals surface area contributed by atoms with Crippen LogP contribution in [0.4, 0.5) is 0 Å². The van der Waals surface area contributed by atoms with E-state index in [0.29, 0.717) is 11.5 Å². The quantitative estimate of drug-likeness (QED) is 0.838. The smallest absolute Gasteiger partial charge is 0.248 e. The van der Waals surface area contributed by atoms with E-state index in [4.69, 9.17) is 5.73 Å². The number of nitrogens with two attached hydrogens (primary N) is 1. The molecule has 0 aliphatic carbocycles. The van der Waals surface area contributed by atoms with Crippen molar-refractivity contribution in [1.82, 2.24) is 4.90 Å². The van der Waals surface area contributed by atoms with Gasteiger partial charge >= 0.3 is 0 Å². The van der Waals surface area contributed by atoms with Gasteiger partial charge in [-0.25, -0.2) is 0 Å². The molecule has 17 heavy (non-hydrogen) atoms. The molecule has 2 aliphatic rings. The molecule has 0 radical (unpaired) electrons. The molecule has 2 aliphatic heterocycles. The number of rotatable bonds is 2. The van der Waals surface area contributed by atoms with Gasteiger partial charge in [0.25, 0.3) is 0 Å². The first-order valence-corrected chi connectivity index (χ1v) is 6.35. The molecule has 3 rings (SSSR count). The van der Waals surface area contributed by atoms with Gasteiger partial charge in [-0.3, -0.25) is 4.79 Å². The van der Waals surface area contributed by atoms with Crippen LogP contribution in [0.1, 0.15) is 34.7 Å². The van der Waals surface area contributed by atoms with Crippen molar-refractivity contribution in [3.05, 3.63) is 35.4 Å². The molecule has 3 unspecified atom stereocenters. The molecule has 3 heteroatoms. The van der Waals surface area contributed by atoms with Crippen LogP contribution in [-0.2, 0) is 0 Å². The number of carbonyl (C=O) groups is 1. The van der Waals surface area contributed by atoms with Gasteiger partial charge in [-0.2, -0.15) is 0 Å². The van der Waals surface area contributed by atoms with Gasteiger partial charge in [0.2, 0.25) is 5.91 Å². The summed E-state index contributed by atoms with van der Waals surface area (Å²) in [4.78, 5) is 14.0. The van der Waals surface area contributed by atoms with Crippen LogP contribution in [0.15, 0.2) is 24.3 Å². The molecular weight excluding hydrogens is 212 g/mol. The Labute approximate surface area is 102 Å². The zero-order chi connectivity index (χ0) is 11.8. The van der Waals surface area contributed by atoms with Gasteiger partial charge in [0.1, 0.15) is 0 Å². The van der Waals surface area contributed by atoms with Crippen LogP contribution in [0, 0.1) is 5.92 Å². The molecule has 2 fully saturated rings. The average molecular weight is 230 g/mol. The summed E-state index contributed by atoms with van der Waals surface area (Å²) in [7, 11) is 0. The van der Waals surface area contributed by atoms with E-state index >= 15 is 0 Å². The minimum atomic E-state index is -0.298. The van der Waals surface area contributed by atoms with Gasteiger partial charge in [0.05, 0.1) is 0 Å². The van der Waals surface area contributed by atoms with Gasteiger partial charge < -0.3 is 10.6 Å². The van der Waals surface area contributed by atoms with Crippen molar-refractivity contribution < 1.29 is 4.79 Å². The van der Waals surface area contributed by atoms with Crippen molar-refractivity contribution >= 4 is 5.91 Å². The molecule has 90 valence electrons. The maximum atomic E-state index is 11.5. The predicted octanol–water partition coefficient (Wildman–Crippen LogP) is 1.59. The maximum Gasteiger partial charge on any atom is 0.248 e. The molecule has 2 bridgehead atoms. The van der Waals surface area contributed by atoms with Crippen LogP contribution in [-0.4, -0.2) is 30.4 Å². The number of piperidine rings is 1. The number of carbonyl (C=O) groups excluding carboxylic acids is 1. The van der Waals surface area contributed by atoms with Crippen LogP contribution in [0.3, 0.4) is 0 Å². The molecule has 1 aromatic carbocycles. The van der Waals surface area contributed by atoms with Crippen LogP contribution in [0.25, 0.3) is 0 Å². The number of primary amides is 1. The molecule has 0 aromatic heterocycles. The Morgan fingerprint density at radius 1 is 1.29 bits per heavy atom. The third kappa shape index (κ3) is 1.95.